The van der Waals surface area contributed by atoms with Gasteiger partial charge in [0.15, 0.2) is 0 Å². The molecular formula is C11H18N2S. The number of thioether (sulfide) groups is 1. The van der Waals surface area contributed by atoms with Crippen molar-refractivity contribution < 1.29 is 0 Å². The van der Waals surface area contributed by atoms with Crippen molar-refractivity contribution in [2.45, 2.75) is 13.3 Å². The van der Waals surface area contributed by atoms with Crippen LogP contribution in [0.1, 0.15) is 13.3 Å². The van der Waals surface area contributed by atoms with Crippen molar-refractivity contribution in [3.63, 3.8) is 0 Å². The minimum Gasteiger partial charge on any atom is -0.370 e. The molecular weight excluding hydrogens is 192 g/mol. The van der Waals surface area contributed by atoms with Crippen molar-refractivity contribution >= 4 is 16.8 Å². The van der Waals surface area contributed by atoms with Gasteiger partial charge >= 0.3 is 0 Å². The van der Waals surface area contributed by atoms with Gasteiger partial charge in [-0.2, -0.15) is 0 Å². The number of aliphatic imine (C=N–C) groups is 1. The Labute approximate surface area is 90.9 Å². The van der Waals surface area contributed by atoms with Crippen LogP contribution in [0.5, 0.6) is 0 Å². The largest absolute Gasteiger partial charge is 0.370 e. The Kier molecular flexibility index (Phi) is 8.04. The van der Waals surface area contributed by atoms with Gasteiger partial charge in [0.05, 0.1) is 5.04 Å². The van der Waals surface area contributed by atoms with E-state index in [1.165, 1.54) is 0 Å². The molecule has 0 rings (SSSR count). The van der Waals surface area contributed by atoms with Gasteiger partial charge in [0.25, 0.3) is 0 Å². The Morgan fingerprint density at radius 3 is 2.71 bits per heavy atom. The Morgan fingerprint density at radius 1 is 1.43 bits per heavy atom. The molecule has 14 heavy (non-hydrogen) atoms. The second-order valence-electron chi connectivity index (χ2n) is 2.68. The lowest BCUT2D eigenvalue weighted by molar-refractivity contribution is 0.798. The Bertz CT molecular complexity index is 231. The third kappa shape index (κ3) is 7.68. The van der Waals surface area contributed by atoms with Crippen LogP contribution >= 0.6 is 11.8 Å². The van der Waals surface area contributed by atoms with Crippen molar-refractivity contribution in [3.8, 4) is 0 Å². The average molecular weight is 210 g/mol. The molecule has 0 unspecified atom stereocenters. The van der Waals surface area contributed by atoms with Crippen LogP contribution < -0.4 is 5.32 Å². The number of hydrogen-bond acceptors (Lipinski definition) is 3. The number of nitrogens with one attached hydrogen (secondary N) is 1. The monoisotopic (exact) mass is 210 g/mol. The van der Waals surface area contributed by atoms with Gasteiger partial charge in [-0.05, 0) is 13.3 Å². The highest BCUT2D eigenvalue weighted by molar-refractivity contribution is 8.14. The summed E-state index contributed by atoms with van der Waals surface area (Å²) < 4.78 is 0. The molecule has 0 bridgehead atoms. The molecule has 0 amide bonds. The van der Waals surface area contributed by atoms with Crippen LogP contribution in [0.4, 0.5) is 0 Å². The average Bonchev–Trinajstić information content (AvgIpc) is 2.15. The molecule has 0 aliphatic heterocycles. The van der Waals surface area contributed by atoms with Crippen molar-refractivity contribution in [3.05, 3.63) is 37.7 Å². The molecule has 0 saturated carbocycles. The summed E-state index contributed by atoms with van der Waals surface area (Å²) in [5.41, 5.74) is 0. The Balaban J connectivity index is 3.76. The summed E-state index contributed by atoms with van der Waals surface area (Å²) in [6, 6.07) is 0. The van der Waals surface area contributed by atoms with Gasteiger partial charge in [-0.3, -0.25) is 0 Å². The number of hydrogen-bond donors (Lipinski definition) is 1. The van der Waals surface area contributed by atoms with Gasteiger partial charge in [-0.15, -0.1) is 24.9 Å². The van der Waals surface area contributed by atoms with E-state index >= 15 is 0 Å². The van der Waals surface area contributed by atoms with E-state index < -0.39 is 0 Å². The molecule has 0 heterocycles. The van der Waals surface area contributed by atoms with Crippen molar-refractivity contribution in [2.75, 3.05) is 12.3 Å². The van der Waals surface area contributed by atoms with Crippen molar-refractivity contribution in [1.29, 1.82) is 0 Å². The zero-order chi connectivity index (χ0) is 10.8. The molecule has 0 aromatic heterocycles. The smallest absolute Gasteiger partial charge is 0.119 e. The summed E-state index contributed by atoms with van der Waals surface area (Å²) >= 11 is 1.65. The molecule has 0 aliphatic rings. The molecule has 1 N–H and O–H groups in total. The molecule has 2 nitrogen and oxygen atoms in total. The minimum absolute atomic E-state index is 0.709. The highest BCUT2D eigenvalue weighted by Crippen LogP contribution is 2.05. The second-order valence-corrected chi connectivity index (χ2v) is 3.89. The van der Waals surface area contributed by atoms with Crippen molar-refractivity contribution in [1.82, 2.24) is 5.32 Å². The summed E-state index contributed by atoms with van der Waals surface area (Å²) in [6.45, 7) is 13.9. The fourth-order valence-electron chi connectivity index (χ4n) is 0.760. The topological polar surface area (TPSA) is 24.4 Å². The zero-order valence-electron chi connectivity index (χ0n) is 8.75. The summed E-state index contributed by atoms with van der Waals surface area (Å²) in [6.07, 6.45) is 4.65. The first-order valence-electron chi connectivity index (χ1n) is 4.53. The molecule has 0 saturated heterocycles. The fourth-order valence-corrected chi connectivity index (χ4v) is 1.29. The van der Waals surface area contributed by atoms with E-state index in [2.05, 4.69) is 30.0 Å². The minimum atomic E-state index is 0.709. The quantitative estimate of drug-likeness (QED) is 0.302. The number of rotatable bonds is 7. The molecule has 0 spiro atoms. The van der Waals surface area contributed by atoms with Crippen LogP contribution in [-0.4, -0.2) is 17.3 Å². The van der Waals surface area contributed by atoms with Crippen LogP contribution in [0.15, 0.2) is 42.7 Å². The van der Waals surface area contributed by atoms with E-state index in [1.807, 2.05) is 19.1 Å². The standard InChI is InChI=1S/C11H18N2S/c1-5-7-8-12-10(3)13-11(4)14-9-6-2/h5-6,12H,1-3,7-9H2,4H3/b13-11-. The Hall–Kier alpha value is -0.960. The van der Waals surface area contributed by atoms with Gasteiger partial charge < -0.3 is 5.32 Å². The van der Waals surface area contributed by atoms with Gasteiger partial charge in [0.1, 0.15) is 5.82 Å². The molecule has 3 heteroatoms. The van der Waals surface area contributed by atoms with Crippen molar-refractivity contribution in [2.24, 2.45) is 4.99 Å². The predicted molar refractivity (Wildman–Crippen MR) is 67.7 cm³/mol. The fraction of sp³-hybridized carbons (Fsp3) is 0.364. The first-order chi connectivity index (χ1) is 6.70. The maximum Gasteiger partial charge on any atom is 0.119 e. The highest BCUT2D eigenvalue weighted by atomic mass is 32.2. The van der Waals surface area contributed by atoms with Crippen LogP contribution in [-0.2, 0) is 0 Å². The molecule has 0 radical (unpaired) electrons. The first kappa shape index (κ1) is 13.0. The van der Waals surface area contributed by atoms with E-state index in [0.717, 1.165) is 23.8 Å². The molecule has 0 aliphatic carbocycles. The van der Waals surface area contributed by atoms with E-state index in [-0.39, 0.29) is 0 Å². The Morgan fingerprint density at radius 2 is 2.14 bits per heavy atom. The normalized spacial score (nSPS) is 10.8. The lowest BCUT2D eigenvalue weighted by Crippen LogP contribution is -2.12. The lowest BCUT2D eigenvalue weighted by atomic mass is 10.4. The second kappa shape index (κ2) is 8.63. The third-order valence-corrected chi connectivity index (χ3v) is 2.29. The maximum atomic E-state index is 4.28. The molecule has 78 valence electrons. The molecule has 0 atom stereocenters. The highest BCUT2D eigenvalue weighted by Gasteiger charge is 1.92. The van der Waals surface area contributed by atoms with Gasteiger partial charge in [0, 0.05) is 12.3 Å². The van der Waals surface area contributed by atoms with Gasteiger partial charge in [-0.1, -0.05) is 18.7 Å². The lowest BCUT2D eigenvalue weighted by Gasteiger charge is -2.04. The summed E-state index contributed by atoms with van der Waals surface area (Å²) in [7, 11) is 0. The van der Waals surface area contributed by atoms with Crippen LogP contribution in [0.3, 0.4) is 0 Å². The van der Waals surface area contributed by atoms with Crippen LogP contribution in [0.2, 0.25) is 0 Å². The van der Waals surface area contributed by atoms with E-state index in [0.29, 0.717) is 5.82 Å². The number of nitrogens with zero attached hydrogens (tertiary/aromatic N) is 1. The SMILES string of the molecule is C=CCCNC(=C)/N=C(/C)SCC=C. The third-order valence-electron chi connectivity index (χ3n) is 1.38. The summed E-state index contributed by atoms with van der Waals surface area (Å²) in [5, 5.41) is 4.10. The zero-order valence-corrected chi connectivity index (χ0v) is 9.57. The van der Waals surface area contributed by atoms with Gasteiger partial charge in [0.2, 0.25) is 0 Å². The van der Waals surface area contributed by atoms with E-state index in [9.17, 15) is 0 Å². The summed E-state index contributed by atoms with van der Waals surface area (Å²) in [5.74, 6) is 1.59. The van der Waals surface area contributed by atoms with Gasteiger partial charge in [-0.25, -0.2) is 4.99 Å². The van der Waals surface area contributed by atoms with E-state index in [4.69, 9.17) is 0 Å². The molecule has 0 aromatic carbocycles. The van der Waals surface area contributed by atoms with Crippen LogP contribution in [0, 0.1) is 0 Å². The predicted octanol–water partition coefficient (Wildman–Crippen LogP) is 2.96. The first-order valence-corrected chi connectivity index (χ1v) is 5.52. The van der Waals surface area contributed by atoms with E-state index in [1.54, 1.807) is 11.8 Å². The van der Waals surface area contributed by atoms with Crippen LogP contribution in [0.25, 0.3) is 0 Å². The molecule has 0 fully saturated rings. The molecule has 0 aromatic rings. The summed E-state index contributed by atoms with van der Waals surface area (Å²) in [4.78, 5) is 4.28. The maximum absolute atomic E-state index is 4.28.